The fraction of sp³-hybridized carbons (Fsp3) is 1.00. The predicted molar refractivity (Wildman–Crippen MR) is 44.6 cm³/mol. The van der Waals surface area contributed by atoms with Gasteiger partial charge in [0.2, 0.25) is 0 Å². The average molecular weight is 145 g/mol. The third-order valence-electron chi connectivity index (χ3n) is 0.882. The molecule has 0 aliphatic carbocycles. The molecule has 0 fully saturated rings. The van der Waals surface area contributed by atoms with Crippen molar-refractivity contribution in [1.82, 2.24) is 5.73 Å². The Morgan fingerprint density at radius 2 is 1.40 bits per heavy atom. The lowest BCUT2D eigenvalue weighted by Gasteiger charge is -1.87. The van der Waals surface area contributed by atoms with Crippen molar-refractivity contribution in [3.05, 3.63) is 0 Å². The number of rotatable bonds is 4. The van der Waals surface area contributed by atoms with E-state index in [0.717, 1.165) is 32.4 Å². The molecule has 0 aliphatic rings. The van der Waals surface area contributed by atoms with E-state index in [-0.39, 0.29) is 0 Å². The molecule has 0 unspecified atom stereocenters. The molecule has 0 aromatic rings. The summed E-state index contributed by atoms with van der Waals surface area (Å²) in [4.78, 5) is 0. The normalized spacial score (nSPS) is 8.40. The van der Waals surface area contributed by atoms with E-state index in [1.54, 1.807) is 0 Å². The van der Waals surface area contributed by atoms with Crippen LogP contribution in [0.15, 0.2) is 0 Å². The number of hydrogen-bond donors (Lipinski definition) is 2. The van der Waals surface area contributed by atoms with Crippen LogP contribution in [-0.4, -0.2) is 19.6 Å². The molecule has 0 heterocycles. The molecule has 2 radical (unpaired) electrons. The van der Waals surface area contributed by atoms with Gasteiger partial charge in [0.15, 0.2) is 0 Å². The largest absolute Gasteiger partial charge is 0.330 e. The van der Waals surface area contributed by atoms with Gasteiger partial charge >= 0.3 is 0 Å². The van der Waals surface area contributed by atoms with Gasteiger partial charge in [0.1, 0.15) is 0 Å². The third-order valence-corrected chi connectivity index (χ3v) is 0.882. The summed E-state index contributed by atoms with van der Waals surface area (Å²) in [7, 11) is 0. The van der Waals surface area contributed by atoms with Crippen LogP contribution in [0.3, 0.4) is 0 Å². The summed E-state index contributed by atoms with van der Waals surface area (Å²) in [6, 6.07) is 0. The van der Waals surface area contributed by atoms with Gasteiger partial charge in [-0.2, -0.15) is 0 Å². The van der Waals surface area contributed by atoms with Crippen LogP contribution in [0, 0.1) is 0 Å². The van der Waals surface area contributed by atoms with Crippen molar-refractivity contribution >= 4 is 0 Å². The van der Waals surface area contributed by atoms with E-state index in [1.807, 2.05) is 6.92 Å². The maximum atomic E-state index is 7.88. The van der Waals surface area contributed by atoms with Gasteiger partial charge in [-0.05, 0) is 32.4 Å². The first-order valence-electron chi connectivity index (χ1n) is 3.84. The molecule has 0 spiro atoms. The minimum absolute atomic E-state index is 0.319. The van der Waals surface area contributed by atoms with Gasteiger partial charge in [-0.3, -0.25) is 0 Å². The summed E-state index contributed by atoms with van der Waals surface area (Å²) in [5.41, 5.74) is 18.2. The fourth-order valence-electron chi connectivity index (χ4n) is 0.289. The van der Waals surface area contributed by atoms with E-state index in [4.69, 9.17) is 17.2 Å². The average Bonchev–Trinajstić information content (AvgIpc) is 2.01. The Balaban J connectivity index is 0. The van der Waals surface area contributed by atoms with Crippen LogP contribution in [-0.2, 0) is 0 Å². The molecule has 0 bridgehead atoms. The van der Waals surface area contributed by atoms with Crippen molar-refractivity contribution in [2.75, 3.05) is 19.6 Å². The van der Waals surface area contributed by atoms with E-state index >= 15 is 0 Å². The molecular formula is C7H19N3. The second kappa shape index (κ2) is 15.9. The Kier molecular flexibility index (Phi) is 20.0. The topological polar surface area (TPSA) is 74.3 Å². The van der Waals surface area contributed by atoms with Crippen LogP contribution in [0.4, 0.5) is 0 Å². The third kappa shape index (κ3) is 24.8. The van der Waals surface area contributed by atoms with Gasteiger partial charge in [-0.1, -0.05) is 6.92 Å². The maximum absolute atomic E-state index is 7.88. The molecule has 0 amide bonds. The van der Waals surface area contributed by atoms with E-state index < -0.39 is 0 Å². The van der Waals surface area contributed by atoms with Crippen LogP contribution in [0.1, 0.15) is 26.2 Å². The molecular weight excluding hydrogens is 126 g/mol. The lowest BCUT2D eigenvalue weighted by Crippen LogP contribution is -2.03. The summed E-state index contributed by atoms with van der Waals surface area (Å²) >= 11 is 0. The lowest BCUT2D eigenvalue weighted by molar-refractivity contribution is 0.755. The summed E-state index contributed by atoms with van der Waals surface area (Å²) in [6.45, 7) is 3.80. The Labute approximate surface area is 64.0 Å². The Morgan fingerprint density at radius 3 is 1.50 bits per heavy atom. The molecule has 4 N–H and O–H groups in total. The maximum Gasteiger partial charge on any atom is 0.0319 e. The monoisotopic (exact) mass is 145 g/mol. The lowest BCUT2D eigenvalue weighted by atomic mass is 10.3. The van der Waals surface area contributed by atoms with Crippen molar-refractivity contribution in [3.8, 4) is 0 Å². The Bertz CT molecular complexity index is 33.8. The molecule has 0 saturated heterocycles. The Hall–Kier alpha value is -0.120. The van der Waals surface area contributed by atoms with Crippen LogP contribution >= 0.6 is 0 Å². The van der Waals surface area contributed by atoms with Crippen molar-refractivity contribution in [2.45, 2.75) is 26.2 Å². The molecule has 0 atom stereocenters. The van der Waals surface area contributed by atoms with Gasteiger partial charge in [-0.25, -0.2) is 0 Å². The van der Waals surface area contributed by atoms with E-state index in [1.165, 1.54) is 0 Å². The van der Waals surface area contributed by atoms with Gasteiger partial charge in [0.05, 0.1) is 0 Å². The van der Waals surface area contributed by atoms with Crippen molar-refractivity contribution in [2.24, 2.45) is 11.5 Å². The zero-order chi connectivity index (χ0) is 8.24. The zero-order valence-electron chi connectivity index (χ0n) is 6.84. The highest BCUT2D eigenvalue weighted by molar-refractivity contribution is 4.38. The molecule has 0 aromatic carbocycles. The molecule has 3 nitrogen and oxygen atoms in total. The zero-order valence-corrected chi connectivity index (χ0v) is 6.84. The van der Waals surface area contributed by atoms with Crippen molar-refractivity contribution in [1.29, 1.82) is 0 Å². The molecule has 0 saturated carbocycles. The smallest absolute Gasteiger partial charge is 0.0319 e. The highest BCUT2D eigenvalue weighted by Gasteiger charge is 1.75. The van der Waals surface area contributed by atoms with Gasteiger partial charge in [0, 0.05) is 6.54 Å². The number of unbranched alkanes of at least 4 members (excludes halogenated alkanes) is 1. The molecule has 10 heavy (non-hydrogen) atoms. The second-order valence-electron chi connectivity index (χ2n) is 2.01. The van der Waals surface area contributed by atoms with Crippen LogP contribution < -0.4 is 17.2 Å². The predicted octanol–water partition coefficient (Wildman–Crippen LogP) is 0.149. The van der Waals surface area contributed by atoms with E-state index in [9.17, 15) is 0 Å². The van der Waals surface area contributed by atoms with Crippen LogP contribution in [0.5, 0.6) is 0 Å². The number of hydrogen-bond acceptors (Lipinski definition) is 2. The van der Waals surface area contributed by atoms with Crippen molar-refractivity contribution in [3.63, 3.8) is 0 Å². The van der Waals surface area contributed by atoms with Gasteiger partial charge in [-0.15, -0.1) is 5.73 Å². The first-order chi connectivity index (χ1) is 4.83. The Morgan fingerprint density at radius 1 is 1.10 bits per heavy atom. The number of nitrogens with zero attached hydrogens (tertiary/aromatic N) is 1. The minimum atomic E-state index is 0.319. The van der Waals surface area contributed by atoms with E-state index in [0.29, 0.717) is 6.54 Å². The number of nitrogens with two attached hydrogens (primary N) is 2. The molecule has 0 rings (SSSR count). The molecule has 3 heteroatoms. The highest BCUT2D eigenvalue weighted by atomic mass is 14.5. The van der Waals surface area contributed by atoms with Gasteiger partial charge in [0.25, 0.3) is 0 Å². The summed E-state index contributed by atoms with van der Waals surface area (Å²) < 4.78 is 0. The molecule has 62 valence electrons. The first kappa shape index (κ1) is 12.5. The standard InChI is InChI=1S/C4H12N2.C3H7N/c5-3-1-2-4-6;1-2-3-4/h1-6H2;2-3H2,1H3. The minimum Gasteiger partial charge on any atom is -0.330 e. The summed E-state index contributed by atoms with van der Waals surface area (Å²) in [6.07, 6.45) is 3.01. The fourth-order valence-corrected chi connectivity index (χ4v) is 0.289. The van der Waals surface area contributed by atoms with Crippen LogP contribution in [0.25, 0.3) is 0 Å². The first-order valence-corrected chi connectivity index (χ1v) is 3.84. The molecule has 0 aliphatic heterocycles. The van der Waals surface area contributed by atoms with Crippen molar-refractivity contribution < 1.29 is 0 Å². The van der Waals surface area contributed by atoms with E-state index in [2.05, 4.69) is 0 Å². The SMILES string of the molecule is CCC[N].NCCCCN. The summed E-state index contributed by atoms with van der Waals surface area (Å²) in [5, 5.41) is 0. The highest BCUT2D eigenvalue weighted by Crippen LogP contribution is 1.77. The summed E-state index contributed by atoms with van der Waals surface area (Å²) in [5.74, 6) is 0. The quantitative estimate of drug-likeness (QED) is 0.552. The van der Waals surface area contributed by atoms with Gasteiger partial charge < -0.3 is 11.5 Å². The second-order valence-corrected chi connectivity index (χ2v) is 2.01. The molecule has 0 aromatic heterocycles. The van der Waals surface area contributed by atoms with Crippen LogP contribution in [0.2, 0.25) is 0 Å².